The van der Waals surface area contributed by atoms with E-state index in [1.807, 2.05) is 0 Å². The Kier molecular flexibility index (Phi) is 3.99. The second kappa shape index (κ2) is 6.56. The first-order valence-corrected chi connectivity index (χ1v) is 10.5. The Bertz CT molecular complexity index is 1390. The average Bonchev–Trinajstić information content (AvgIpc) is 3.41. The van der Waals surface area contributed by atoms with Crippen LogP contribution < -0.4 is 10.3 Å². The van der Waals surface area contributed by atoms with Crippen LogP contribution in [0, 0.1) is 0 Å². The van der Waals surface area contributed by atoms with Gasteiger partial charge >= 0.3 is 0 Å². The normalized spacial score (nSPS) is 13.4. The van der Waals surface area contributed by atoms with Gasteiger partial charge in [-0.3, -0.25) is 9.89 Å². The molecule has 3 heterocycles. The lowest BCUT2D eigenvalue weighted by Crippen LogP contribution is -2.23. The molecule has 1 N–H and O–H groups in total. The van der Waals surface area contributed by atoms with Crippen molar-refractivity contribution in [3.8, 4) is 5.75 Å². The topological polar surface area (TPSA) is 107 Å². The highest BCUT2D eigenvalue weighted by Gasteiger charge is 2.22. The summed E-state index contributed by atoms with van der Waals surface area (Å²) >= 11 is 0. The molecule has 0 amide bonds. The highest BCUT2D eigenvalue weighted by atomic mass is 32.2. The van der Waals surface area contributed by atoms with Crippen molar-refractivity contribution < 1.29 is 13.2 Å². The lowest BCUT2D eigenvalue weighted by atomic mass is 10.2. The van der Waals surface area contributed by atoms with E-state index in [0.29, 0.717) is 29.5 Å². The maximum absolute atomic E-state index is 13.1. The van der Waals surface area contributed by atoms with Crippen LogP contribution in [-0.2, 0) is 22.8 Å². The first kappa shape index (κ1) is 17.6. The summed E-state index contributed by atoms with van der Waals surface area (Å²) in [4.78, 5) is 13.0. The van der Waals surface area contributed by atoms with Crippen molar-refractivity contribution in [1.29, 1.82) is 0 Å². The zero-order chi connectivity index (χ0) is 20.0. The fourth-order valence-electron chi connectivity index (χ4n) is 3.44. The Hall–Kier alpha value is -3.46. The van der Waals surface area contributed by atoms with E-state index in [1.54, 1.807) is 30.5 Å². The molecule has 146 valence electrons. The number of nitrogens with one attached hydrogen (secondary N) is 1. The molecule has 0 atom stereocenters. The average molecular weight is 408 g/mol. The van der Waals surface area contributed by atoms with Crippen LogP contribution in [-0.4, -0.2) is 35.0 Å². The molecule has 0 unspecified atom stereocenters. The summed E-state index contributed by atoms with van der Waals surface area (Å²) in [6.07, 6.45) is 3.86. The molecule has 4 aromatic rings. The molecule has 0 aliphatic carbocycles. The Balaban J connectivity index is 1.55. The fourth-order valence-corrected chi connectivity index (χ4v) is 4.79. The van der Waals surface area contributed by atoms with Gasteiger partial charge in [-0.1, -0.05) is 0 Å². The minimum Gasteiger partial charge on any atom is -0.493 e. The zero-order valence-electron chi connectivity index (χ0n) is 15.2. The van der Waals surface area contributed by atoms with E-state index in [4.69, 9.17) is 4.74 Å². The van der Waals surface area contributed by atoms with Crippen molar-refractivity contribution in [1.82, 2.24) is 20.0 Å². The van der Waals surface area contributed by atoms with Crippen molar-refractivity contribution >= 4 is 20.6 Å². The minimum atomic E-state index is -3.72. The molecule has 8 nitrogen and oxygen atoms in total. The first-order valence-electron chi connectivity index (χ1n) is 9.02. The SMILES string of the molecule is O=c1c2ccc(S(=O)(=O)c3ccc4c(c3)CCO4)cc2cnn1Cc1cc[nH]n1. The maximum atomic E-state index is 13.1. The van der Waals surface area contributed by atoms with Gasteiger partial charge in [0.1, 0.15) is 5.75 Å². The molecule has 0 spiro atoms. The predicted octanol–water partition coefficient (Wildman–Crippen LogP) is 1.94. The molecule has 9 heteroatoms. The molecule has 0 fully saturated rings. The fraction of sp³-hybridized carbons (Fsp3) is 0.150. The van der Waals surface area contributed by atoms with Gasteiger partial charge in [0.25, 0.3) is 5.56 Å². The molecule has 29 heavy (non-hydrogen) atoms. The van der Waals surface area contributed by atoms with Crippen LogP contribution in [0.3, 0.4) is 0 Å². The molecule has 5 rings (SSSR count). The summed E-state index contributed by atoms with van der Waals surface area (Å²) in [5.41, 5.74) is 1.26. The molecule has 1 aliphatic rings. The third-order valence-corrected chi connectivity index (χ3v) is 6.72. The van der Waals surface area contributed by atoms with Gasteiger partial charge in [0.2, 0.25) is 9.84 Å². The van der Waals surface area contributed by atoms with Crippen molar-refractivity contribution in [2.45, 2.75) is 22.8 Å². The monoisotopic (exact) mass is 408 g/mol. The molecule has 0 saturated heterocycles. The maximum Gasteiger partial charge on any atom is 0.274 e. The third-order valence-electron chi connectivity index (χ3n) is 4.98. The summed E-state index contributed by atoms with van der Waals surface area (Å²) in [6.45, 7) is 0.792. The quantitative estimate of drug-likeness (QED) is 0.553. The van der Waals surface area contributed by atoms with Crippen molar-refractivity contribution in [3.05, 3.63) is 76.5 Å². The van der Waals surface area contributed by atoms with E-state index < -0.39 is 9.84 Å². The van der Waals surface area contributed by atoms with Gasteiger partial charge in [-0.15, -0.1) is 0 Å². The molecular formula is C20H16N4O4S. The second-order valence-electron chi connectivity index (χ2n) is 6.79. The number of hydrogen-bond acceptors (Lipinski definition) is 6. The minimum absolute atomic E-state index is 0.120. The number of sulfone groups is 1. The molecule has 2 aromatic carbocycles. The Labute approximate surface area is 165 Å². The van der Waals surface area contributed by atoms with Crippen LogP contribution in [0.25, 0.3) is 10.8 Å². The van der Waals surface area contributed by atoms with Crippen molar-refractivity contribution in [2.75, 3.05) is 6.61 Å². The number of nitrogens with zero attached hydrogens (tertiary/aromatic N) is 3. The molecule has 1 aliphatic heterocycles. The van der Waals surface area contributed by atoms with E-state index in [0.717, 1.165) is 11.3 Å². The number of benzene rings is 2. The number of aromatic nitrogens is 4. The van der Waals surface area contributed by atoms with Gasteiger partial charge in [-0.2, -0.15) is 10.2 Å². The number of aromatic amines is 1. The van der Waals surface area contributed by atoms with Crippen LogP contribution in [0.2, 0.25) is 0 Å². The lowest BCUT2D eigenvalue weighted by Gasteiger charge is -2.09. The summed E-state index contributed by atoms with van der Waals surface area (Å²) in [5.74, 6) is 0.726. The van der Waals surface area contributed by atoms with Crippen LogP contribution in [0.1, 0.15) is 11.3 Å². The van der Waals surface area contributed by atoms with E-state index in [1.165, 1.54) is 29.1 Å². The van der Waals surface area contributed by atoms with E-state index in [2.05, 4.69) is 15.3 Å². The van der Waals surface area contributed by atoms with E-state index in [9.17, 15) is 13.2 Å². The summed E-state index contributed by atoms with van der Waals surface area (Å²) < 4.78 is 32.9. The number of fused-ring (bicyclic) bond motifs is 2. The zero-order valence-corrected chi connectivity index (χ0v) is 16.0. The number of ether oxygens (including phenoxy) is 1. The van der Waals surface area contributed by atoms with Crippen molar-refractivity contribution in [3.63, 3.8) is 0 Å². The molecular weight excluding hydrogens is 392 g/mol. The first-order chi connectivity index (χ1) is 14.0. The van der Waals surface area contributed by atoms with Crippen LogP contribution >= 0.6 is 0 Å². The Morgan fingerprint density at radius 3 is 2.76 bits per heavy atom. The number of H-pyrrole nitrogens is 1. The van der Waals surface area contributed by atoms with Gasteiger partial charge in [0, 0.05) is 18.0 Å². The second-order valence-corrected chi connectivity index (χ2v) is 8.74. The summed E-state index contributed by atoms with van der Waals surface area (Å²) in [6, 6.07) is 11.1. The molecule has 0 bridgehead atoms. The van der Waals surface area contributed by atoms with Gasteiger partial charge in [-0.05, 0) is 48.0 Å². The molecule has 2 aromatic heterocycles. The standard InChI is InChI=1S/C20H16N4O4S/c25-20-18-3-1-16(10-14(18)11-22-24(20)12-15-5-7-21-23-15)29(26,27)17-2-4-19-13(9-17)6-8-28-19/h1-5,7,9-11H,6,8,12H2,(H,21,23). The van der Waals surface area contributed by atoms with Crippen LogP contribution in [0.4, 0.5) is 0 Å². The predicted molar refractivity (Wildman–Crippen MR) is 105 cm³/mol. The summed E-state index contributed by atoms with van der Waals surface area (Å²) in [5, 5.41) is 11.8. The Morgan fingerprint density at radius 1 is 1.10 bits per heavy atom. The molecule has 0 radical (unpaired) electrons. The lowest BCUT2D eigenvalue weighted by molar-refractivity contribution is 0.356. The largest absolute Gasteiger partial charge is 0.493 e. The van der Waals surface area contributed by atoms with E-state index >= 15 is 0 Å². The number of rotatable bonds is 4. The summed E-state index contributed by atoms with van der Waals surface area (Å²) in [7, 11) is -3.72. The van der Waals surface area contributed by atoms with Gasteiger partial charge < -0.3 is 4.74 Å². The smallest absolute Gasteiger partial charge is 0.274 e. The third kappa shape index (κ3) is 2.99. The number of hydrogen-bond donors (Lipinski definition) is 1. The van der Waals surface area contributed by atoms with Gasteiger partial charge in [0.15, 0.2) is 0 Å². The Morgan fingerprint density at radius 2 is 1.93 bits per heavy atom. The van der Waals surface area contributed by atoms with Crippen LogP contribution in [0.5, 0.6) is 5.75 Å². The highest BCUT2D eigenvalue weighted by molar-refractivity contribution is 7.91. The van der Waals surface area contributed by atoms with Gasteiger partial charge in [-0.25, -0.2) is 13.1 Å². The van der Waals surface area contributed by atoms with Crippen LogP contribution in [0.15, 0.2) is 69.4 Å². The van der Waals surface area contributed by atoms with Gasteiger partial charge in [0.05, 0.1) is 40.2 Å². The molecule has 0 saturated carbocycles. The highest BCUT2D eigenvalue weighted by Crippen LogP contribution is 2.30. The van der Waals surface area contributed by atoms with Crippen molar-refractivity contribution in [2.24, 2.45) is 0 Å². The van der Waals surface area contributed by atoms with E-state index in [-0.39, 0.29) is 21.9 Å².